The minimum absolute atomic E-state index is 0.0470. The van der Waals surface area contributed by atoms with E-state index in [0.717, 1.165) is 24.0 Å². The first-order valence-electron chi connectivity index (χ1n) is 8.46. The lowest BCUT2D eigenvalue weighted by atomic mass is 10.1. The number of nitrogens with one attached hydrogen (secondary N) is 2. The van der Waals surface area contributed by atoms with Gasteiger partial charge in [0.25, 0.3) is 5.91 Å². The number of ether oxygens (including phenoxy) is 1. The van der Waals surface area contributed by atoms with Gasteiger partial charge in [-0.2, -0.15) is 0 Å². The van der Waals surface area contributed by atoms with Gasteiger partial charge >= 0.3 is 0 Å². The van der Waals surface area contributed by atoms with Crippen LogP contribution >= 0.6 is 0 Å². The number of aryl methyl sites for hydroxylation is 1. The average Bonchev–Trinajstić information content (AvgIpc) is 3.40. The summed E-state index contributed by atoms with van der Waals surface area (Å²) in [6, 6.07) is 15.2. The Morgan fingerprint density at radius 3 is 2.32 bits per heavy atom. The Morgan fingerprint density at radius 1 is 1.00 bits per heavy atom. The topological polar surface area (TPSA) is 67.4 Å². The van der Waals surface area contributed by atoms with Crippen LogP contribution < -0.4 is 15.4 Å². The Morgan fingerprint density at radius 2 is 1.68 bits per heavy atom. The largest absolute Gasteiger partial charge is 0.484 e. The summed E-state index contributed by atoms with van der Waals surface area (Å²) in [6.07, 6.45) is 2.53. The minimum Gasteiger partial charge on any atom is -0.484 e. The number of carbonyl (C=O) groups is 2. The standard InChI is InChI=1S/C20H22N2O3/c1-14-2-10-18(11-3-14)25-13-20(24)22-16-6-4-15(5-7-16)12-19(23)21-17-8-9-17/h2-7,10-11,17H,8-9,12-13H2,1H3,(H,21,23)(H,22,24). The lowest BCUT2D eigenvalue weighted by Gasteiger charge is -2.09. The molecule has 0 atom stereocenters. The van der Waals surface area contributed by atoms with Gasteiger partial charge in [0, 0.05) is 11.7 Å². The van der Waals surface area contributed by atoms with Crippen molar-refractivity contribution in [1.29, 1.82) is 0 Å². The molecule has 1 saturated carbocycles. The zero-order valence-corrected chi connectivity index (χ0v) is 14.2. The number of anilines is 1. The van der Waals surface area contributed by atoms with E-state index in [-0.39, 0.29) is 18.4 Å². The van der Waals surface area contributed by atoms with E-state index in [0.29, 0.717) is 23.9 Å². The maximum Gasteiger partial charge on any atom is 0.262 e. The molecule has 0 spiro atoms. The van der Waals surface area contributed by atoms with E-state index in [1.54, 1.807) is 12.1 Å². The van der Waals surface area contributed by atoms with Crippen LogP contribution in [-0.4, -0.2) is 24.5 Å². The molecule has 2 aromatic rings. The van der Waals surface area contributed by atoms with E-state index >= 15 is 0 Å². The normalized spacial score (nSPS) is 13.2. The zero-order chi connectivity index (χ0) is 17.6. The molecule has 25 heavy (non-hydrogen) atoms. The summed E-state index contributed by atoms with van der Waals surface area (Å²) >= 11 is 0. The van der Waals surface area contributed by atoms with Gasteiger partial charge in [0.15, 0.2) is 6.61 Å². The van der Waals surface area contributed by atoms with Gasteiger partial charge in [0.2, 0.25) is 5.91 Å². The number of hydrogen-bond donors (Lipinski definition) is 2. The third kappa shape index (κ3) is 5.64. The number of carbonyl (C=O) groups excluding carboxylic acids is 2. The molecule has 1 aliphatic rings. The van der Waals surface area contributed by atoms with E-state index in [2.05, 4.69) is 10.6 Å². The number of rotatable bonds is 7. The van der Waals surface area contributed by atoms with Gasteiger partial charge in [-0.05, 0) is 49.6 Å². The van der Waals surface area contributed by atoms with Crippen LogP contribution in [0.2, 0.25) is 0 Å². The van der Waals surface area contributed by atoms with Crippen molar-refractivity contribution in [2.45, 2.75) is 32.2 Å². The van der Waals surface area contributed by atoms with Crippen molar-refractivity contribution in [1.82, 2.24) is 5.32 Å². The van der Waals surface area contributed by atoms with E-state index in [9.17, 15) is 9.59 Å². The van der Waals surface area contributed by atoms with Crippen molar-refractivity contribution in [3.8, 4) is 5.75 Å². The second-order valence-corrected chi connectivity index (χ2v) is 6.37. The molecule has 0 unspecified atom stereocenters. The second-order valence-electron chi connectivity index (χ2n) is 6.37. The van der Waals surface area contributed by atoms with Gasteiger partial charge in [0.1, 0.15) is 5.75 Å². The van der Waals surface area contributed by atoms with Crippen LogP contribution in [0.4, 0.5) is 5.69 Å². The van der Waals surface area contributed by atoms with Crippen LogP contribution in [0, 0.1) is 6.92 Å². The molecular formula is C20H22N2O3. The first kappa shape index (κ1) is 17.0. The second kappa shape index (κ2) is 7.83. The van der Waals surface area contributed by atoms with Gasteiger partial charge in [0.05, 0.1) is 6.42 Å². The van der Waals surface area contributed by atoms with Crippen molar-refractivity contribution in [3.63, 3.8) is 0 Å². The summed E-state index contributed by atoms with van der Waals surface area (Å²) in [5, 5.41) is 5.74. The monoisotopic (exact) mass is 338 g/mol. The predicted octanol–water partition coefficient (Wildman–Crippen LogP) is 2.83. The fourth-order valence-corrected chi connectivity index (χ4v) is 2.38. The van der Waals surface area contributed by atoms with Crippen LogP contribution in [0.1, 0.15) is 24.0 Å². The number of amides is 2. The SMILES string of the molecule is Cc1ccc(OCC(=O)Nc2ccc(CC(=O)NC3CC3)cc2)cc1. The van der Waals surface area contributed by atoms with Crippen molar-refractivity contribution in [2.24, 2.45) is 0 Å². The van der Waals surface area contributed by atoms with Gasteiger partial charge in [-0.3, -0.25) is 9.59 Å². The molecular weight excluding hydrogens is 316 g/mol. The molecule has 2 N–H and O–H groups in total. The summed E-state index contributed by atoms with van der Waals surface area (Å²) in [5.41, 5.74) is 2.75. The fraction of sp³-hybridized carbons (Fsp3) is 0.300. The van der Waals surface area contributed by atoms with E-state index < -0.39 is 0 Å². The summed E-state index contributed by atoms with van der Waals surface area (Å²) < 4.78 is 5.45. The highest BCUT2D eigenvalue weighted by Crippen LogP contribution is 2.19. The molecule has 130 valence electrons. The van der Waals surface area contributed by atoms with Crippen molar-refractivity contribution in [2.75, 3.05) is 11.9 Å². The molecule has 2 amide bonds. The molecule has 0 bridgehead atoms. The van der Waals surface area contributed by atoms with Gasteiger partial charge in [-0.25, -0.2) is 0 Å². The molecule has 3 rings (SSSR count). The van der Waals surface area contributed by atoms with Gasteiger partial charge < -0.3 is 15.4 Å². The molecule has 1 aliphatic carbocycles. The first-order chi connectivity index (χ1) is 12.1. The van der Waals surface area contributed by atoms with Crippen molar-refractivity contribution < 1.29 is 14.3 Å². The van der Waals surface area contributed by atoms with Gasteiger partial charge in [-0.15, -0.1) is 0 Å². The third-order valence-corrected chi connectivity index (χ3v) is 3.94. The number of hydrogen-bond acceptors (Lipinski definition) is 3. The fourth-order valence-electron chi connectivity index (χ4n) is 2.38. The molecule has 0 radical (unpaired) electrons. The highest BCUT2D eigenvalue weighted by atomic mass is 16.5. The molecule has 1 fully saturated rings. The first-order valence-corrected chi connectivity index (χ1v) is 8.46. The molecule has 2 aromatic carbocycles. The predicted molar refractivity (Wildman–Crippen MR) is 96.6 cm³/mol. The van der Waals surface area contributed by atoms with Crippen LogP contribution in [-0.2, 0) is 16.0 Å². The maximum absolute atomic E-state index is 11.9. The Hall–Kier alpha value is -2.82. The van der Waals surface area contributed by atoms with Crippen molar-refractivity contribution in [3.05, 3.63) is 59.7 Å². The number of benzene rings is 2. The van der Waals surface area contributed by atoms with Crippen LogP contribution in [0.5, 0.6) is 5.75 Å². The van der Waals surface area contributed by atoms with E-state index in [4.69, 9.17) is 4.74 Å². The summed E-state index contributed by atoms with van der Waals surface area (Å²) in [4.78, 5) is 23.7. The van der Waals surface area contributed by atoms with Gasteiger partial charge in [-0.1, -0.05) is 29.8 Å². The third-order valence-electron chi connectivity index (χ3n) is 3.94. The smallest absolute Gasteiger partial charge is 0.262 e. The summed E-state index contributed by atoms with van der Waals surface area (Å²) in [7, 11) is 0. The van der Waals surface area contributed by atoms with E-state index in [1.807, 2.05) is 43.3 Å². The lowest BCUT2D eigenvalue weighted by Crippen LogP contribution is -2.26. The Bertz CT molecular complexity index is 735. The molecule has 0 aliphatic heterocycles. The molecule has 5 nitrogen and oxygen atoms in total. The van der Waals surface area contributed by atoms with Crippen LogP contribution in [0.3, 0.4) is 0 Å². The Balaban J connectivity index is 1.44. The maximum atomic E-state index is 11.9. The molecule has 5 heteroatoms. The lowest BCUT2D eigenvalue weighted by molar-refractivity contribution is -0.120. The van der Waals surface area contributed by atoms with Crippen LogP contribution in [0.15, 0.2) is 48.5 Å². The highest BCUT2D eigenvalue weighted by molar-refractivity contribution is 5.92. The quantitative estimate of drug-likeness (QED) is 0.816. The van der Waals surface area contributed by atoms with Crippen LogP contribution in [0.25, 0.3) is 0 Å². The zero-order valence-electron chi connectivity index (χ0n) is 14.2. The van der Waals surface area contributed by atoms with E-state index in [1.165, 1.54) is 0 Å². The Kier molecular flexibility index (Phi) is 5.33. The molecule has 0 saturated heterocycles. The average molecular weight is 338 g/mol. The molecule has 0 heterocycles. The highest BCUT2D eigenvalue weighted by Gasteiger charge is 2.22. The summed E-state index contributed by atoms with van der Waals surface area (Å²) in [5.74, 6) is 0.489. The minimum atomic E-state index is -0.222. The Labute approximate surface area is 147 Å². The molecule has 0 aromatic heterocycles. The summed E-state index contributed by atoms with van der Waals surface area (Å²) in [6.45, 7) is 1.95. The van der Waals surface area contributed by atoms with Crippen molar-refractivity contribution >= 4 is 17.5 Å².